The Bertz CT molecular complexity index is 371. The van der Waals surface area contributed by atoms with Crippen molar-refractivity contribution in [3.8, 4) is 0 Å². The zero-order valence-electron chi connectivity index (χ0n) is 6.25. The Kier molecular flexibility index (Phi) is 1.70. The predicted molar refractivity (Wildman–Crippen MR) is 47.4 cm³/mol. The van der Waals surface area contributed by atoms with Gasteiger partial charge in [0.05, 0.1) is 16.3 Å². The molecule has 1 aliphatic rings. The molecule has 2 nitrogen and oxygen atoms in total. The third kappa shape index (κ3) is 0.959. The summed E-state index contributed by atoms with van der Waals surface area (Å²) in [6.45, 7) is 0. The molecule has 1 aromatic heterocycles. The molecule has 1 aliphatic carbocycles. The molecule has 0 atom stereocenters. The van der Waals surface area contributed by atoms with Crippen LogP contribution in [-0.4, -0.2) is 11.3 Å². The van der Waals surface area contributed by atoms with Crippen LogP contribution in [0.1, 0.15) is 21.6 Å². The Labute approximate surface area is 74.9 Å². The molecule has 0 saturated carbocycles. The molecule has 1 aromatic rings. The lowest BCUT2D eigenvalue weighted by atomic mass is 10.2. The van der Waals surface area contributed by atoms with Gasteiger partial charge in [-0.1, -0.05) is 23.8 Å². The van der Waals surface area contributed by atoms with Gasteiger partial charge in [-0.05, 0) is 0 Å². The molecule has 0 saturated heterocycles. The Balaban J connectivity index is 2.67. The van der Waals surface area contributed by atoms with E-state index in [-0.39, 0.29) is 0 Å². The number of hydrogen-bond acceptors (Lipinski definition) is 2. The first-order valence-electron chi connectivity index (χ1n) is 3.62. The molecule has 1 heterocycles. The van der Waals surface area contributed by atoms with Crippen LogP contribution in [0.4, 0.5) is 0 Å². The van der Waals surface area contributed by atoms with Gasteiger partial charge in [0.25, 0.3) is 0 Å². The van der Waals surface area contributed by atoms with E-state index >= 15 is 0 Å². The number of hydrogen-bond donors (Lipinski definition) is 0. The van der Waals surface area contributed by atoms with Crippen molar-refractivity contribution >= 4 is 24.0 Å². The van der Waals surface area contributed by atoms with Crippen LogP contribution in [0.3, 0.4) is 0 Å². The summed E-state index contributed by atoms with van der Waals surface area (Å²) in [5, 5.41) is 0.517. The smallest absolute Gasteiger partial charge is 0.153 e. The highest BCUT2D eigenvalue weighted by Gasteiger charge is 2.12. The number of nitrogens with zero attached hydrogens (tertiary/aromatic N) is 1. The van der Waals surface area contributed by atoms with Crippen molar-refractivity contribution in [2.45, 2.75) is 6.42 Å². The second-order valence-corrected chi connectivity index (χ2v) is 2.99. The quantitative estimate of drug-likeness (QED) is 0.619. The number of carbonyl (C=O) groups excluding carboxylic acids is 1. The zero-order chi connectivity index (χ0) is 8.55. The molecule has 0 amide bonds. The highest BCUT2D eigenvalue weighted by molar-refractivity contribution is 6.34. The van der Waals surface area contributed by atoms with Crippen LogP contribution in [0, 0.1) is 0 Å². The number of pyridine rings is 1. The van der Waals surface area contributed by atoms with Gasteiger partial charge in [0.2, 0.25) is 0 Å². The van der Waals surface area contributed by atoms with E-state index in [0.29, 0.717) is 10.6 Å². The van der Waals surface area contributed by atoms with Crippen LogP contribution in [0.15, 0.2) is 12.3 Å². The highest BCUT2D eigenvalue weighted by atomic mass is 35.5. The molecule has 0 aliphatic heterocycles. The monoisotopic (exact) mass is 179 g/mol. The number of carbonyl (C=O) groups is 1. The van der Waals surface area contributed by atoms with E-state index in [1.54, 1.807) is 0 Å². The topological polar surface area (TPSA) is 30.0 Å². The van der Waals surface area contributed by atoms with Crippen LogP contribution < -0.4 is 0 Å². The number of fused-ring (bicyclic) bond motifs is 1. The lowest BCUT2D eigenvalue weighted by Gasteiger charge is -2.01. The molecule has 12 heavy (non-hydrogen) atoms. The fraction of sp³-hybridized carbons (Fsp3) is 0.111. The molecule has 0 radical (unpaired) electrons. The van der Waals surface area contributed by atoms with Crippen molar-refractivity contribution in [3.05, 3.63) is 34.1 Å². The first kappa shape index (κ1) is 7.50. The van der Waals surface area contributed by atoms with Gasteiger partial charge in [0, 0.05) is 18.2 Å². The van der Waals surface area contributed by atoms with Crippen molar-refractivity contribution in [2.75, 3.05) is 0 Å². The molecule has 0 unspecified atom stereocenters. The summed E-state index contributed by atoms with van der Waals surface area (Å²) in [6, 6.07) is 0. The predicted octanol–water partition coefficient (Wildman–Crippen LogP) is 2.12. The third-order valence-corrected chi connectivity index (χ3v) is 2.30. The molecule has 0 N–H and O–H groups in total. The van der Waals surface area contributed by atoms with Gasteiger partial charge in [-0.2, -0.15) is 0 Å². The number of allylic oxidation sites excluding steroid dienone is 1. The van der Waals surface area contributed by atoms with Gasteiger partial charge in [-0.3, -0.25) is 9.78 Å². The number of halogens is 1. The van der Waals surface area contributed by atoms with E-state index < -0.39 is 0 Å². The van der Waals surface area contributed by atoms with E-state index in [0.717, 1.165) is 24.0 Å². The average molecular weight is 180 g/mol. The summed E-state index contributed by atoms with van der Waals surface area (Å²) >= 11 is 5.93. The maximum absolute atomic E-state index is 10.5. The van der Waals surface area contributed by atoms with Crippen molar-refractivity contribution in [1.29, 1.82) is 0 Å². The largest absolute Gasteiger partial charge is 0.298 e. The van der Waals surface area contributed by atoms with Crippen LogP contribution in [0.25, 0.3) is 6.08 Å². The average Bonchev–Trinajstić information content (AvgIpc) is 2.53. The highest BCUT2D eigenvalue weighted by Crippen LogP contribution is 2.27. The van der Waals surface area contributed by atoms with Gasteiger partial charge in [-0.25, -0.2) is 0 Å². The van der Waals surface area contributed by atoms with Crippen LogP contribution in [-0.2, 0) is 6.42 Å². The van der Waals surface area contributed by atoms with Gasteiger partial charge >= 0.3 is 0 Å². The minimum atomic E-state index is 0.460. The standard InChI is InChI=1S/C9H6ClNO/c10-9-6(5-12)4-11-8-3-1-2-7(8)9/h1-2,4-5H,3H2. The fourth-order valence-electron chi connectivity index (χ4n) is 1.26. The van der Waals surface area contributed by atoms with Crippen LogP contribution in [0.5, 0.6) is 0 Å². The molecule has 60 valence electrons. The third-order valence-electron chi connectivity index (χ3n) is 1.88. The van der Waals surface area contributed by atoms with E-state index in [9.17, 15) is 4.79 Å². The Morgan fingerprint density at radius 2 is 2.42 bits per heavy atom. The van der Waals surface area contributed by atoms with E-state index in [1.807, 2.05) is 12.2 Å². The summed E-state index contributed by atoms with van der Waals surface area (Å²) in [4.78, 5) is 14.6. The number of rotatable bonds is 1. The second kappa shape index (κ2) is 2.72. The molecule has 0 aromatic carbocycles. The molecular formula is C9H6ClNO. The zero-order valence-corrected chi connectivity index (χ0v) is 7.01. The number of aldehydes is 1. The fourth-order valence-corrected chi connectivity index (χ4v) is 1.52. The minimum absolute atomic E-state index is 0.460. The maximum Gasteiger partial charge on any atom is 0.153 e. The maximum atomic E-state index is 10.5. The molecule has 2 rings (SSSR count). The molecular weight excluding hydrogens is 174 g/mol. The van der Waals surface area contributed by atoms with Crippen molar-refractivity contribution < 1.29 is 4.79 Å². The molecule has 0 bridgehead atoms. The summed E-state index contributed by atoms with van der Waals surface area (Å²) in [5.74, 6) is 0. The lowest BCUT2D eigenvalue weighted by Crippen LogP contribution is -1.93. The van der Waals surface area contributed by atoms with Gasteiger partial charge < -0.3 is 0 Å². The first-order valence-corrected chi connectivity index (χ1v) is 4.00. The first-order chi connectivity index (χ1) is 5.83. The normalized spacial score (nSPS) is 13.1. The number of aromatic nitrogens is 1. The lowest BCUT2D eigenvalue weighted by molar-refractivity contribution is 0.112. The van der Waals surface area contributed by atoms with Gasteiger partial charge in [0.15, 0.2) is 6.29 Å². The Morgan fingerprint density at radius 1 is 1.58 bits per heavy atom. The Morgan fingerprint density at radius 3 is 3.17 bits per heavy atom. The van der Waals surface area contributed by atoms with Gasteiger partial charge in [0.1, 0.15) is 0 Å². The molecule has 3 heteroatoms. The van der Waals surface area contributed by atoms with Crippen LogP contribution >= 0.6 is 11.6 Å². The Hall–Kier alpha value is -1.15. The van der Waals surface area contributed by atoms with Crippen LogP contribution in [0.2, 0.25) is 5.02 Å². The summed E-state index contributed by atoms with van der Waals surface area (Å²) < 4.78 is 0. The molecule has 0 fully saturated rings. The second-order valence-electron chi connectivity index (χ2n) is 2.61. The van der Waals surface area contributed by atoms with E-state index in [2.05, 4.69) is 4.98 Å². The summed E-state index contributed by atoms with van der Waals surface area (Å²) in [6.07, 6.45) is 6.94. The minimum Gasteiger partial charge on any atom is -0.298 e. The van der Waals surface area contributed by atoms with E-state index in [4.69, 9.17) is 11.6 Å². The van der Waals surface area contributed by atoms with Crippen molar-refractivity contribution in [3.63, 3.8) is 0 Å². The SMILES string of the molecule is O=Cc1cnc2c(c1Cl)C=CC2. The summed E-state index contributed by atoms with van der Waals surface area (Å²) in [5.41, 5.74) is 2.30. The van der Waals surface area contributed by atoms with E-state index in [1.165, 1.54) is 6.20 Å². The van der Waals surface area contributed by atoms with Crippen molar-refractivity contribution in [1.82, 2.24) is 4.98 Å². The van der Waals surface area contributed by atoms with Crippen molar-refractivity contribution in [2.24, 2.45) is 0 Å². The van der Waals surface area contributed by atoms with Gasteiger partial charge in [-0.15, -0.1) is 0 Å². The molecule has 0 spiro atoms. The summed E-state index contributed by atoms with van der Waals surface area (Å²) in [7, 11) is 0.